The summed E-state index contributed by atoms with van der Waals surface area (Å²) >= 11 is 0. The van der Waals surface area contributed by atoms with Gasteiger partial charge in [0.15, 0.2) is 0 Å². The minimum absolute atomic E-state index is 0.0350. The van der Waals surface area contributed by atoms with Crippen molar-refractivity contribution in [1.29, 1.82) is 0 Å². The van der Waals surface area contributed by atoms with Crippen LogP contribution in [0.5, 0.6) is 0 Å². The summed E-state index contributed by atoms with van der Waals surface area (Å²) in [5.74, 6) is -3.06. The van der Waals surface area contributed by atoms with E-state index >= 15 is 0 Å². The van der Waals surface area contributed by atoms with Gasteiger partial charge < -0.3 is 14.6 Å². The van der Waals surface area contributed by atoms with Crippen molar-refractivity contribution in [2.24, 2.45) is 0 Å². The van der Waals surface area contributed by atoms with E-state index in [0.717, 1.165) is 12.1 Å². The van der Waals surface area contributed by atoms with E-state index in [9.17, 15) is 14.4 Å². The lowest BCUT2D eigenvalue weighted by Gasteiger charge is -2.07. The molecule has 0 atom stereocenters. The van der Waals surface area contributed by atoms with Gasteiger partial charge in [-0.05, 0) is 18.2 Å². The van der Waals surface area contributed by atoms with Crippen LogP contribution in [0.25, 0.3) is 0 Å². The Labute approximate surface area is 109 Å². The molecular formula is C13H10O6. The Morgan fingerprint density at radius 3 is 2.11 bits per heavy atom. The van der Waals surface area contributed by atoms with E-state index in [0.29, 0.717) is 0 Å². The maximum absolute atomic E-state index is 11.5. The predicted molar refractivity (Wildman–Crippen MR) is 62.6 cm³/mol. The number of hydrogen-bond donors (Lipinski definition) is 1. The molecule has 0 saturated heterocycles. The monoisotopic (exact) mass is 262 g/mol. The van der Waals surface area contributed by atoms with Gasteiger partial charge in [0.1, 0.15) is 0 Å². The third-order valence-corrected chi connectivity index (χ3v) is 2.13. The van der Waals surface area contributed by atoms with Gasteiger partial charge in [0.05, 0.1) is 29.9 Å². The van der Waals surface area contributed by atoms with E-state index in [1.54, 1.807) is 0 Å². The fraction of sp³-hybridized carbons (Fsp3) is 0.154. The van der Waals surface area contributed by atoms with Gasteiger partial charge in [0.2, 0.25) is 0 Å². The van der Waals surface area contributed by atoms with Crippen LogP contribution in [-0.4, -0.2) is 36.2 Å². The zero-order chi connectivity index (χ0) is 14.4. The van der Waals surface area contributed by atoms with Crippen molar-refractivity contribution in [2.75, 3.05) is 13.2 Å². The van der Waals surface area contributed by atoms with Crippen molar-refractivity contribution in [1.82, 2.24) is 0 Å². The molecule has 0 fully saturated rings. The topological polar surface area (TPSA) is 89.9 Å². The van der Waals surface area contributed by atoms with Crippen LogP contribution in [0, 0.1) is 13.8 Å². The number of carbonyl (C=O) groups is 3. The van der Waals surface area contributed by atoms with Gasteiger partial charge in [0.25, 0.3) is 0 Å². The van der Waals surface area contributed by atoms with Gasteiger partial charge in [-0.2, -0.15) is 0 Å². The van der Waals surface area contributed by atoms with Crippen molar-refractivity contribution in [2.45, 2.75) is 0 Å². The Balaban J connectivity index is 3.18. The second-order valence-electron chi connectivity index (χ2n) is 3.26. The molecule has 0 aliphatic carbocycles. The number of hydrogen-bond acceptors (Lipinski definition) is 5. The van der Waals surface area contributed by atoms with Crippen LogP contribution in [0.15, 0.2) is 18.2 Å². The van der Waals surface area contributed by atoms with Crippen molar-refractivity contribution in [3.63, 3.8) is 0 Å². The molecule has 1 N–H and O–H groups in total. The summed E-state index contributed by atoms with van der Waals surface area (Å²) in [5.41, 5.74) is -0.626. The summed E-state index contributed by atoms with van der Waals surface area (Å²) in [5, 5.41) is 9.00. The number of rotatable bonds is 5. The summed E-state index contributed by atoms with van der Waals surface area (Å²) in [6, 6.07) is 3.39. The first-order valence-corrected chi connectivity index (χ1v) is 5.13. The lowest BCUT2D eigenvalue weighted by atomic mass is 10.0. The van der Waals surface area contributed by atoms with E-state index in [1.807, 2.05) is 0 Å². The SMILES string of the molecule is [CH]COC(=O)c1ccc(C(=O)OC[CH])c(C(=O)O)c1. The Morgan fingerprint density at radius 1 is 1.00 bits per heavy atom. The number of ether oxygens (including phenoxy) is 2. The molecule has 0 unspecified atom stereocenters. The van der Waals surface area contributed by atoms with Gasteiger partial charge in [-0.3, -0.25) is 0 Å². The Morgan fingerprint density at radius 2 is 1.58 bits per heavy atom. The molecule has 19 heavy (non-hydrogen) atoms. The molecule has 4 radical (unpaired) electrons. The summed E-state index contributed by atoms with van der Waals surface area (Å²) in [6.45, 7) is 9.35. The number of benzene rings is 1. The van der Waals surface area contributed by atoms with Crippen LogP contribution < -0.4 is 0 Å². The van der Waals surface area contributed by atoms with Gasteiger partial charge >= 0.3 is 17.9 Å². The molecule has 0 bridgehead atoms. The summed E-state index contributed by atoms with van der Waals surface area (Å²) in [7, 11) is 0. The van der Waals surface area contributed by atoms with Crippen molar-refractivity contribution < 1.29 is 29.0 Å². The van der Waals surface area contributed by atoms with E-state index in [4.69, 9.17) is 19.0 Å². The number of esters is 2. The van der Waals surface area contributed by atoms with E-state index < -0.39 is 17.9 Å². The highest BCUT2D eigenvalue weighted by molar-refractivity contribution is 6.04. The molecule has 0 heterocycles. The molecule has 0 spiro atoms. The number of carboxylic acid groups (broad SMARTS) is 1. The number of aromatic carboxylic acids is 1. The minimum atomic E-state index is -1.38. The molecule has 1 aromatic carbocycles. The number of carboxylic acids is 1. The quantitative estimate of drug-likeness (QED) is 0.800. The standard InChI is InChI=1S/C13H10O6/c1-3-18-12(16)8-5-6-9(13(17)19-4-2)10(7-8)11(14)15/h1-2,5-7H,3-4H2,(H,14,15). The van der Waals surface area contributed by atoms with Gasteiger partial charge in [-0.15, -0.1) is 0 Å². The summed E-state index contributed by atoms with van der Waals surface area (Å²) in [6.07, 6.45) is 0. The van der Waals surface area contributed by atoms with Crippen LogP contribution >= 0.6 is 0 Å². The molecule has 0 amide bonds. The Hall–Kier alpha value is -2.37. The minimum Gasteiger partial charge on any atom is -0.478 e. The first kappa shape index (κ1) is 14.7. The van der Waals surface area contributed by atoms with Gasteiger partial charge in [0, 0.05) is 13.8 Å². The summed E-state index contributed by atoms with van der Waals surface area (Å²) < 4.78 is 9.03. The molecule has 1 aromatic rings. The first-order valence-electron chi connectivity index (χ1n) is 5.13. The highest BCUT2D eigenvalue weighted by atomic mass is 16.5. The molecule has 0 aliphatic rings. The second kappa shape index (κ2) is 6.53. The average Bonchev–Trinajstić information content (AvgIpc) is 2.38. The lowest BCUT2D eigenvalue weighted by molar-refractivity contribution is 0.0525. The smallest absolute Gasteiger partial charge is 0.339 e. The summed E-state index contributed by atoms with van der Waals surface area (Å²) in [4.78, 5) is 33.9. The van der Waals surface area contributed by atoms with E-state index in [-0.39, 0.29) is 29.9 Å². The normalized spacial score (nSPS) is 9.79. The Kier molecular flexibility index (Phi) is 5.05. The van der Waals surface area contributed by atoms with Crippen molar-refractivity contribution >= 4 is 17.9 Å². The molecule has 1 rings (SSSR count). The maximum Gasteiger partial charge on any atom is 0.339 e. The fourth-order valence-electron chi connectivity index (χ4n) is 1.34. The van der Waals surface area contributed by atoms with Gasteiger partial charge in [-0.1, -0.05) is 0 Å². The molecular weight excluding hydrogens is 252 g/mol. The highest BCUT2D eigenvalue weighted by Crippen LogP contribution is 2.15. The zero-order valence-corrected chi connectivity index (χ0v) is 9.79. The lowest BCUT2D eigenvalue weighted by Crippen LogP contribution is -2.14. The largest absolute Gasteiger partial charge is 0.478 e. The van der Waals surface area contributed by atoms with Crippen molar-refractivity contribution in [3.05, 3.63) is 48.7 Å². The van der Waals surface area contributed by atoms with Crippen LogP contribution in [0.2, 0.25) is 0 Å². The fourth-order valence-corrected chi connectivity index (χ4v) is 1.34. The average molecular weight is 262 g/mol. The molecule has 6 nitrogen and oxygen atoms in total. The molecule has 6 heteroatoms. The molecule has 98 valence electrons. The van der Waals surface area contributed by atoms with Crippen LogP contribution in [0.4, 0.5) is 0 Å². The third kappa shape index (κ3) is 3.54. The predicted octanol–water partition coefficient (Wildman–Crippen LogP) is 1.12. The van der Waals surface area contributed by atoms with E-state index in [1.165, 1.54) is 6.07 Å². The zero-order valence-electron chi connectivity index (χ0n) is 9.79. The molecule has 0 saturated carbocycles. The molecule has 0 aliphatic heterocycles. The van der Waals surface area contributed by atoms with E-state index in [2.05, 4.69) is 9.47 Å². The van der Waals surface area contributed by atoms with Crippen molar-refractivity contribution in [3.8, 4) is 0 Å². The third-order valence-electron chi connectivity index (χ3n) is 2.13. The van der Waals surface area contributed by atoms with Crippen LogP contribution in [-0.2, 0) is 9.47 Å². The van der Waals surface area contributed by atoms with Crippen LogP contribution in [0.3, 0.4) is 0 Å². The number of carbonyl (C=O) groups excluding carboxylic acids is 2. The Bertz CT molecular complexity index is 506. The highest BCUT2D eigenvalue weighted by Gasteiger charge is 2.20. The molecule has 0 aromatic heterocycles. The maximum atomic E-state index is 11.5. The van der Waals surface area contributed by atoms with Gasteiger partial charge in [-0.25, -0.2) is 14.4 Å². The second-order valence-corrected chi connectivity index (χ2v) is 3.26. The van der Waals surface area contributed by atoms with Crippen LogP contribution in [0.1, 0.15) is 31.1 Å². The first-order chi connectivity index (χ1) is 9.01.